The zero-order chi connectivity index (χ0) is 14.8. The van der Waals surface area contributed by atoms with Gasteiger partial charge in [-0.25, -0.2) is 4.39 Å². The molecule has 6 heteroatoms. The number of halogens is 2. The van der Waals surface area contributed by atoms with Gasteiger partial charge >= 0.3 is 0 Å². The Hall–Kier alpha value is -1.85. The number of nitrogens with zero attached hydrogens (tertiary/aromatic N) is 1. The second-order valence-electron chi connectivity index (χ2n) is 5.16. The van der Waals surface area contributed by atoms with E-state index in [1.165, 1.54) is 18.4 Å². The van der Waals surface area contributed by atoms with Crippen LogP contribution in [-0.2, 0) is 0 Å². The van der Waals surface area contributed by atoms with Crippen molar-refractivity contribution >= 4 is 18.3 Å². The number of benzene rings is 1. The van der Waals surface area contributed by atoms with Gasteiger partial charge in [-0.2, -0.15) is 0 Å². The fourth-order valence-corrected chi connectivity index (χ4v) is 2.72. The highest BCUT2D eigenvalue weighted by Gasteiger charge is 2.30. The number of carbonyl (C=O) groups excluding carboxylic acids is 1. The Morgan fingerprint density at radius 2 is 2.23 bits per heavy atom. The molecule has 3 rings (SSSR count). The van der Waals surface area contributed by atoms with Gasteiger partial charge in [0, 0.05) is 19.6 Å². The van der Waals surface area contributed by atoms with Gasteiger partial charge in [0.2, 0.25) is 0 Å². The quantitative estimate of drug-likeness (QED) is 0.924. The molecule has 118 valence electrons. The standard InChI is InChI=1S/C16H17FN2O2.ClH/c1-11-14(5-8-21-11)16(20)19-7-6-18-10-15(19)12-3-2-4-13(17)9-12;/h2-5,8-9,15,18H,6-7,10H2,1H3;1H. The molecule has 0 radical (unpaired) electrons. The molecule has 1 fully saturated rings. The predicted octanol–water partition coefficient (Wildman–Crippen LogP) is 2.94. The minimum Gasteiger partial charge on any atom is -0.469 e. The highest BCUT2D eigenvalue weighted by atomic mass is 35.5. The van der Waals surface area contributed by atoms with Crippen LogP contribution in [0.2, 0.25) is 0 Å². The van der Waals surface area contributed by atoms with Crippen molar-refractivity contribution in [2.75, 3.05) is 19.6 Å². The summed E-state index contributed by atoms with van der Waals surface area (Å²) in [5.41, 5.74) is 1.37. The minimum absolute atomic E-state index is 0. The molecule has 1 atom stereocenters. The van der Waals surface area contributed by atoms with Crippen LogP contribution >= 0.6 is 12.4 Å². The topological polar surface area (TPSA) is 45.5 Å². The summed E-state index contributed by atoms with van der Waals surface area (Å²) in [5.74, 6) is 0.249. The molecule has 1 saturated heterocycles. The van der Waals surface area contributed by atoms with Gasteiger partial charge in [0.15, 0.2) is 0 Å². The van der Waals surface area contributed by atoms with E-state index in [-0.39, 0.29) is 30.2 Å². The van der Waals surface area contributed by atoms with Gasteiger partial charge in [0.1, 0.15) is 11.6 Å². The second kappa shape index (κ2) is 6.94. The zero-order valence-corrected chi connectivity index (χ0v) is 13.0. The normalized spacial score (nSPS) is 17.9. The number of furan rings is 1. The fraction of sp³-hybridized carbons (Fsp3) is 0.312. The van der Waals surface area contributed by atoms with Gasteiger partial charge in [0.05, 0.1) is 17.9 Å². The van der Waals surface area contributed by atoms with Crippen LogP contribution < -0.4 is 5.32 Å². The first kappa shape index (κ1) is 16.5. The maximum Gasteiger partial charge on any atom is 0.257 e. The lowest BCUT2D eigenvalue weighted by atomic mass is 10.0. The summed E-state index contributed by atoms with van der Waals surface area (Å²) in [5, 5.41) is 3.26. The molecule has 1 aromatic carbocycles. The molecule has 1 unspecified atom stereocenters. The number of piperazine rings is 1. The molecule has 0 aliphatic carbocycles. The molecule has 1 amide bonds. The summed E-state index contributed by atoms with van der Waals surface area (Å²) in [7, 11) is 0. The van der Waals surface area contributed by atoms with Crippen LogP contribution in [0.5, 0.6) is 0 Å². The Morgan fingerprint density at radius 3 is 2.91 bits per heavy atom. The van der Waals surface area contributed by atoms with E-state index in [9.17, 15) is 9.18 Å². The summed E-state index contributed by atoms with van der Waals surface area (Å²) in [4.78, 5) is 14.5. The first-order valence-electron chi connectivity index (χ1n) is 6.98. The molecule has 0 spiro atoms. The number of aryl methyl sites for hydroxylation is 1. The zero-order valence-electron chi connectivity index (χ0n) is 12.2. The van der Waals surface area contributed by atoms with Gasteiger partial charge in [0.25, 0.3) is 5.91 Å². The fourth-order valence-electron chi connectivity index (χ4n) is 2.72. The van der Waals surface area contributed by atoms with Crippen molar-refractivity contribution in [2.24, 2.45) is 0 Å². The molecule has 1 aliphatic rings. The SMILES string of the molecule is Cc1occc1C(=O)N1CCNCC1c1cccc(F)c1.Cl. The number of amides is 1. The van der Waals surface area contributed by atoms with E-state index in [1.54, 1.807) is 24.0 Å². The van der Waals surface area contributed by atoms with E-state index in [2.05, 4.69) is 5.32 Å². The Balaban J connectivity index is 0.00000176. The Labute approximate surface area is 134 Å². The summed E-state index contributed by atoms with van der Waals surface area (Å²) >= 11 is 0. The first-order valence-corrected chi connectivity index (χ1v) is 6.98. The average molecular weight is 325 g/mol. The van der Waals surface area contributed by atoms with Gasteiger partial charge in [-0.05, 0) is 30.7 Å². The van der Waals surface area contributed by atoms with E-state index >= 15 is 0 Å². The first-order chi connectivity index (χ1) is 10.2. The van der Waals surface area contributed by atoms with Crippen molar-refractivity contribution < 1.29 is 13.6 Å². The number of nitrogens with one attached hydrogen (secondary N) is 1. The lowest BCUT2D eigenvalue weighted by molar-refractivity contribution is 0.0632. The highest BCUT2D eigenvalue weighted by Crippen LogP contribution is 2.25. The Kier molecular flexibility index (Phi) is 5.21. The molecular formula is C16H18ClFN2O2. The lowest BCUT2D eigenvalue weighted by Gasteiger charge is -2.36. The monoisotopic (exact) mass is 324 g/mol. The van der Waals surface area contributed by atoms with E-state index in [0.717, 1.165) is 12.1 Å². The van der Waals surface area contributed by atoms with E-state index < -0.39 is 0 Å². The third kappa shape index (κ3) is 3.15. The summed E-state index contributed by atoms with van der Waals surface area (Å²) in [6.45, 7) is 3.71. The maximum atomic E-state index is 13.4. The van der Waals surface area contributed by atoms with Crippen LogP contribution in [0.25, 0.3) is 0 Å². The molecule has 2 aromatic rings. The van der Waals surface area contributed by atoms with Crippen molar-refractivity contribution in [3.05, 3.63) is 59.3 Å². The third-order valence-corrected chi connectivity index (χ3v) is 3.83. The van der Waals surface area contributed by atoms with Crippen molar-refractivity contribution in [3.8, 4) is 0 Å². The molecule has 1 N–H and O–H groups in total. The summed E-state index contributed by atoms with van der Waals surface area (Å²) < 4.78 is 18.7. The molecule has 22 heavy (non-hydrogen) atoms. The summed E-state index contributed by atoms with van der Waals surface area (Å²) in [6, 6.07) is 7.93. The number of hydrogen-bond donors (Lipinski definition) is 1. The molecular weight excluding hydrogens is 307 g/mol. The van der Waals surface area contributed by atoms with E-state index in [4.69, 9.17) is 4.42 Å². The van der Waals surface area contributed by atoms with Crippen molar-refractivity contribution in [1.82, 2.24) is 10.2 Å². The van der Waals surface area contributed by atoms with Crippen LogP contribution in [0, 0.1) is 12.7 Å². The van der Waals surface area contributed by atoms with Crippen LogP contribution in [0.3, 0.4) is 0 Å². The largest absolute Gasteiger partial charge is 0.469 e. The van der Waals surface area contributed by atoms with E-state index in [1.807, 2.05) is 6.07 Å². The van der Waals surface area contributed by atoms with Gasteiger partial charge in [-0.15, -0.1) is 12.4 Å². The van der Waals surface area contributed by atoms with Crippen molar-refractivity contribution in [2.45, 2.75) is 13.0 Å². The molecule has 4 nitrogen and oxygen atoms in total. The lowest BCUT2D eigenvalue weighted by Crippen LogP contribution is -2.48. The highest BCUT2D eigenvalue weighted by molar-refractivity contribution is 5.95. The second-order valence-corrected chi connectivity index (χ2v) is 5.16. The minimum atomic E-state index is -0.287. The number of carbonyl (C=O) groups is 1. The smallest absolute Gasteiger partial charge is 0.257 e. The maximum absolute atomic E-state index is 13.4. The van der Waals surface area contributed by atoms with Gasteiger partial charge in [-0.1, -0.05) is 12.1 Å². The molecule has 2 heterocycles. The predicted molar refractivity (Wildman–Crippen MR) is 83.7 cm³/mol. The average Bonchev–Trinajstić information content (AvgIpc) is 2.93. The summed E-state index contributed by atoms with van der Waals surface area (Å²) in [6.07, 6.45) is 1.52. The Bertz CT molecular complexity index is 659. The van der Waals surface area contributed by atoms with Gasteiger partial charge in [-0.3, -0.25) is 4.79 Å². The molecule has 0 saturated carbocycles. The number of hydrogen-bond acceptors (Lipinski definition) is 3. The molecule has 1 aliphatic heterocycles. The van der Waals surface area contributed by atoms with Crippen molar-refractivity contribution in [1.29, 1.82) is 0 Å². The van der Waals surface area contributed by atoms with Crippen LogP contribution in [-0.4, -0.2) is 30.4 Å². The van der Waals surface area contributed by atoms with Crippen LogP contribution in [0.1, 0.15) is 27.7 Å². The molecule has 1 aromatic heterocycles. The molecule has 0 bridgehead atoms. The van der Waals surface area contributed by atoms with Crippen LogP contribution in [0.15, 0.2) is 41.0 Å². The van der Waals surface area contributed by atoms with Crippen LogP contribution in [0.4, 0.5) is 4.39 Å². The van der Waals surface area contributed by atoms with E-state index in [0.29, 0.717) is 24.4 Å². The van der Waals surface area contributed by atoms with Crippen molar-refractivity contribution in [3.63, 3.8) is 0 Å². The van der Waals surface area contributed by atoms with Gasteiger partial charge < -0.3 is 14.6 Å². The number of rotatable bonds is 2. The Morgan fingerprint density at radius 1 is 1.41 bits per heavy atom. The third-order valence-electron chi connectivity index (χ3n) is 3.83.